The predicted molar refractivity (Wildman–Crippen MR) is 55.8 cm³/mol. The molecular weight excluding hydrogens is 221 g/mol. The molecule has 0 saturated carbocycles. The summed E-state index contributed by atoms with van der Waals surface area (Å²) in [7, 11) is 0. The molecule has 1 aliphatic heterocycles. The van der Waals surface area contributed by atoms with Crippen molar-refractivity contribution < 1.29 is 13.2 Å². The molecule has 0 atom stereocenters. The van der Waals surface area contributed by atoms with Crippen molar-refractivity contribution in [2.75, 3.05) is 5.75 Å². The van der Waals surface area contributed by atoms with Gasteiger partial charge in [-0.3, -0.25) is 0 Å². The Hall–Kier alpha value is -0.900. The summed E-state index contributed by atoms with van der Waals surface area (Å²) in [5.74, 6) is 0.750. The van der Waals surface area contributed by atoms with Gasteiger partial charge in [-0.05, 0) is 30.2 Å². The number of rotatable bonds is 0. The Labute approximate surface area is 90.2 Å². The monoisotopic (exact) mass is 230 g/mol. The van der Waals surface area contributed by atoms with Gasteiger partial charge in [0.1, 0.15) is 0 Å². The molecule has 1 aromatic rings. The maximum absolute atomic E-state index is 12.4. The SMILES string of the molecule is CC1=CCSc2cc(C(F)(F)F)ccc21. The molecule has 0 N–H and O–H groups in total. The summed E-state index contributed by atoms with van der Waals surface area (Å²) in [4.78, 5) is 0.727. The van der Waals surface area contributed by atoms with Gasteiger partial charge in [-0.15, -0.1) is 11.8 Å². The second-order valence-electron chi connectivity index (χ2n) is 3.41. The number of allylic oxidation sites excluding steroid dienone is 1. The topological polar surface area (TPSA) is 0 Å². The van der Waals surface area contributed by atoms with Crippen LogP contribution in [0.4, 0.5) is 13.2 Å². The van der Waals surface area contributed by atoms with Crippen molar-refractivity contribution in [2.24, 2.45) is 0 Å². The molecule has 15 heavy (non-hydrogen) atoms. The zero-order chi connectivity index (χ0) is 11.1. The molecule has 80 valence electrons. The van der Waals surface area contributed by atoms with Gasteiger partial charge in [0, 0.05) is 10.6 Å². The second kappa shape index (κ2) is 3.59. The fourth-order valence-corrected chi connectivity index (χ4v) is 2.62. The molecule has 0 spiro atoms. The lowest BCUT2D eigenvalue weighted by Gasteiger charge is -2.16. The number of hydrogen-bond donors (Lipinski definition) is 0. The molecule has 0 saturated heterocycles. The quantitative estimate of drug-likeness (QED) is 0.643. The van der Waals surface area contributed by atoms with Gasteiger partial charge in [-0.2, -0.15) is 13.2 Å². The standard InChI is InChI=1S/C11H9F3S/c1-7-4-5-15-10-6-8(11(12,13)14)2-3-9(7)10/h2-4,6H,5H2,1H3. The van der Waals surface area contributed by atoms with E-state index in [2.05, 4.69) is 0 Å². The average Bonchev–Trinajstić information content (AvgIpc) is 2.16. The van der Waals surface area contributed by atoms with E-state index < -0.39 is 11.7 Å². The maximum Gasteiger partial charge on any atom is 0.416 e. The normalized spacial score (nSPS) is 15.9. The summed E-state index contributed by atoms with van der Waals surface area (Å²) < 4.78 is 37.3. The van der Waals surface area contributed by atoms with Crippen LogP contribution in [0.3, 0.4) is 0 Å². The second-order valence-corrected chi connectivity index (χ2v) is 4.47. The largest absolute Gasteiger partial charge is 0.416 e. The highest BCUT2D eigenvalue weighted by molar-refractivity contribution is 7.99. The van der Waals surface area contributed by atoms with Crippen molar-refractivity contribution in [3.05, 3.63) is 35.4 Å². The van der Waals surface area contributed by atoms with Crippen LogP contribution in [0.25, 0.3) is 5.57 Å². The molecule has 1 aliphatic rings. The first-order chi connectivity index (χ1) is 6.98. The van der Waals surface area contributed by atoms with Gasteiger partial charge in [0.25, 0.3) is 0 Å². The Bertz CT molecular complexity index is 418. The van der Waals surface area contributed by atoms with E-state index >= 15 is 0 Å². The third-order valence-corrected chi connectivity index (χ3v) is 3.34. The van der Waals surface area contributed by atoms with Crippen molar-refractivity contribution >= 4 is 17.3 Å². The number of benzene rings is 1. The minimum absolute atomic E-state index is 0.566. The van der Waals surface area contributed by atoms with Crippen molar-refractivity contribution in [1.29, 1.82) is 0 Å². The van der Waals surface area contributed by atoms with Gasteiger partial charge in [-0.1, -0.05) is 12.1 Å². The van der Waals surface area contributed by atoms with Gasteiger partial charge in [-0.25, -0.2) is 0 Å². The summed E-state index contributed by atoms with van der Waals surface area (Å²) >= 11 is 1.45. The minimum atomic E-state index is -4.25. The lowest BCUT2D eigenvalue weighted by Crippen LogP contribution is -2.06. The van der Waals surface area contributed by atoms with Crippen LogP contribution in [-0.4, -0.2) is 5.75 Å². The van der Waals surface area contributed by atoms with Crippen molar-refractivity contribution in [3.63, 3.8) is 0 Å². The van der Waals surface area contributed by atoms with Crippen LogP contribution < -0.4 is 0 Å². The Morgan fingerprint density at radius 2 is 2.00 bits per heavy atom. The Balaban J connectivity index is 2.48. The summed E-state index contributed by atoms with van der Waals surface area (Å²) in [6, 6.07) is 3.93. The van der Waals surface area contributed by atoms with E-state index in [1.807, 2.05) is 13.0 Å². The minimum Gasteiger partial charge on any atom is -0.166 e. The third kappa shape index (κ3) is 2.04. The smallest absolute Gasteiger partial charge is 0.166 e. The van der Waals surface area contributed by atoms with Crippen LogP contribution in [0, 0.1) is 0 Å². The maximum atomic E-state index is 12.4. The number of thioether (sulfide) groups is 1. The predicted octanol–water partition coefficient (Wildman–Crippen LogP) is 4.21. The number of hydrogen-bond acceptors (Lipinski definition) is 1. The first kappa shape index (κ1) is 10.6. The summed E-state index contributed by atoms with van der Waals surface area (Å²) in [6.07, 6.45) is -2.22. The highest BCUT2D eigenvalue weighted by Gasteiger charge is 2.31. The van der Waals surface area contributed by atoms with E-state index in [0.29, 0.717) is 0 Å². The fraction of sp³-hybridized carbons (Fsp3) is 0.273. The Kier molecular flexibility index (Phi) is 2.54. The van der Waals surface area contributed by atoms with Crippen molar-refractivity contribution in [1.82, 2.24) is 0 Å². The molecule has 0 nitrogen and oxygen atoms in total. The average molecular weight is 230 g/mol. The van der Waals surface area contributed by atoms with Crippen LogP contribution in [0.2, 0.25) is 0 Å². The lowest BCUT2D eigenvalue weighted by molar-refractivity contribution is -0.137. The molecule has 4 heteroatoms. The summed E-state index contributed by atoms with van der Waals surface area (Å²) in [5.41, 5.74) is 1.40. The van der Waals surface area contributed by atoms with Gasteiger partial charge < -0.3 is 0 Å². The highest BCUT2D eigenvalue weighted by atomic mass is 32.2. The zero-order valence-corrected chi connectivity index (χ0v) is 8.88. The number of halogens is 3. The number of alkyl halides is 3. The van der Waals surface area contributed by atoms with Crippen LogP contribution in [-0.2, 0) is 6.18 Å². The molecule has 1 aromatic carbocycles. The Morgan fingerprint density at radius 1 is 1.27 bits per heavy atom. The van der Waals surface area contributed by atoms with Crippen LogP contribution in [0.15, 0.2) is 29.2 Å². The summed E-state index contributed by atoms with van der Waals surface area (Å²) in [5, 5.41) is 0. The zero-order valence-electron chi connectivity index (χ0n) is 8.06. The molecule has 0 unspecified atom stereocenters. The highest BCUT2D eigenvalue weighted by Crippen LogP contribution is 2.38. The van der Waals surface area contributed by atoms with Crippen LogP contribution >= 0.6 is 11.8 Å². The van der Waals surface area contributed by atoms with Crippen molar-refractivity contribution in [2.45, 2.75) is 18.0 Å². The fourth-order valence-electron chi connectivity index (χ4n) is 1.51. The van der Waals surface area contributed by atoms with E-state index in [0.717, 1.165) is 27.9 Å². The summed E-state index contributed by atoms with van der Waals surface area (Å²) in [6.45, 7) is 1.92. The molecule has 0 radical (unpaired) electrons. The van der Waals surface area contributed by atoms with Gasteiger partial charge >= 0.3 is 6.18 Å². The molecular formula is C11H9F3S. The molecule has 0 aliphatic carbocycles. The van der Waals surface area contributed by atoms with Gasteiger partial charge in [0.2, 0.25) is 0 Å². The number of fused-ring (bicyclic) bond motifs is 1. The first-order valence-corrected chi connectivity index (χ1v) is 5.48. The van der Waals surface area contributed by atoms with E-state index in [1.165, 1.54) is 17.8 Å². The van der Waals surface area contributed by atoms with Crippen molar-refractivity contribution in [3.8, 4) is 0 Å². The molecule has 0 fully saturated rings. The molecule has 1 heterocycles. The lowest BCUT2D eigenvalue weighted by atomic mass is 10.0. The van der Waals surface area contributed by atoms with Crippen LogP contribution in [0.1, 0.15) is 18.1 Å². The van der Waals surface area contributed by atoms with E-state index in [1.54, 1.807) is 6.07 Å². The molecule has 0 amide bonds. The molecule has 0 aromatic heterocycles. The molecule has 2 rings (SSSR count). The van der Waals surface area contributed by atoms with Crippen LogP contribution in [0.5, 0.6) is 0 Å². The Morgan fingerprint density at radius 3 is 2.67 bits per heavy atom. The van der Waals surface area contributed by atoms with E-state index in [-0.39, 0.29) is 0 Å². The van der Waals surface area contributed by atoms with E-state index in [4.69, 9.17) is 0 Å². The van der Waals surface area contributed by atoms with Gasteiger partial charge in [0.15, 0.2) is 0 Å². The first-order valence-electron chi connectivity index (χ1n) is 4.49. The van der Waals surface area contributed by atoms with Gasteiger partial charge in [0.05, 0.1) is 5.56 Å². The third-order valence-electron chi connectivity index (χ3n) is 2.36. The van der Waals surface area contributed by atoms with E-state index in [9.17, 15) is 13.2 Å². The molecule has 0 bridgehead atoms.